The summed E-state index contributed by atoms with van der Waals surface area (Å²) in [6, 6.07) is 11.9. The molecule has 1 N–H and O–H groups in total. The van der Waals surface area contributed by atoms with Crippen molar-refractivity contribution in [3.63, 3.8) is 0 Å². The van der Waals surface area contributed by atoms with Gasteiger partial charge in [-0.1, -0.05) is 44.0 Å². The maximum atomic E-state index is 13.1. The first-order chi connectivity index (χ1) is 14.3. The summed E-state index contributed by atoms with van der Waals surface area (Å²) >= 11 is 6.22. The third kappa shape index (κ3) is 5.21. The van der Waals surface area contributed by atoms with Crippen LogP contribution < -0.4 is 5.32 Å². The molecular formula is C22H28ClN3O3S. The van der Waals surface area contributed by atoms with Crippen LogP contribution in [0.3, 0.4) is 0 Å². The Kier molecular flexibility index (Phi) is 7.52. The van der Waals surface area contributed by atoms with Gasteiger partial charge < -0.3 is 10.2 Å². The molecule has 30 heavy (non-hydrogen) atoms. The van der Waals surface area contributed by atoms with Crippen molar-refractivity contribution in [3.05, 3.63) is 58.6 Å². The Balaban J connectivity index is 1.78. The molecule has 0 unspecified atom stereocenters. The van der Waals surface area contributed by atoms with Crippen molar-refractivity contribution in [1.29, 1.82) is 0 Å². The third-order valence-electron chi connectivity index (χ3n) is 5.35. The zero-order chi connectivity index (χ0) is 21.7. The van der Waals surface area contributed by atoms with E-state index in [0.29, 0.717) is 31.9 Å². The predicted octanol–water partition coefficient (Wildman–Crippen LogP) is 3.87. The van der Waals surface area contributed by atoms with E-state index in [0.717, 1.165) is 19.4 Å². The highest BCUT2D eigenvalue weighted by atomic mass is 35.5. The van der Waals surface area contributed by atoms with Gasteiger partial charge in [-0.15, -0.1) is 0 Å². The molecule has 1 amide bonds. The number of hydrogen-bond donors (Lipinski definition) is 1. The molecule has 0 atom stereocenters. The first kappa shape index (κ1) is 22.7. The fraction of sp³-hybridized carbons (Fsp3) is 0.409. The van der Waals surface area contributed by atoms with Crippen LogP contribution >= 0.6 is 11.6 Å². The van der Waals surface area contributed by atoms with Crippen LogP contribution in [0.4, 0.5) is 5.69 Å². The summed E-state index contributed by atoms with van der Waals surface area (Å²) in [7, 11) is -3.68. The fourth-order valence-corrected chi connectivity index (χ4v) is 5.17. The molecule has 0 radical (unpaired) electrons. The van der Waals surface area contributed by atoms with Crippen molar-refractivity contribution in [2.75, 3.05) is 38.0 Å². The Morgan fingerprint density at radius 3 is 2.30 bits per heavy atom. The Morgan fingerprint density at radius 1 is 1.03 bits per heavy atom. The lowest BCUT2D eigenvalue weighted by atomic mass is 10.1. The number of nitrogens with zero attached hydrogens (tertiary/aromatic N) is 2. The maximum absolute atomic E-state index is 13.1. The standard InChI is InChI=1S/C22H28ClN3O3S/c1-3-5-17-6-8-18(9-7-17)24-22(27)20-16-19(10-11-21(20)23)30(28,29)26-14-12-25(4-2)13-15-26/h6-11,16H,3-5,12-15H2,1-2H3,(H,24,27). The van der Waals surface area contributed by atoms with Gasteiger partial charge >= 0.3 is 0 Å². The number of carbonyl (C=O) groups excluding carboxylic acids is 1. The molecule has 0 saturated carbocycles. The summed E-state index contributed by atoms with van der Waals surface area (Å²) in [6.45, 7) is 7.34. The van der Waals surface area contributed by atoms with Crippen molar-refractivity contribution >= 4 is 33.2 Å². The molecule has 2 aromatic rings. The average molecular weight is 450 g/mol. The summed E-state index contributed by atoms with van der Waals surface area (Å²) in [5.74, 6) is -0.434. The van der Waals surface area contributed by atoms with Gasteiger partial charge in [-0.05, 0) is 48.9 Å². The molecule has 1 aliphatic heterocycles. The number of nitrogens with one attached hydrogen (secondary N) is 1. The number of aryl methyl sites for hydroxylation is 1. The molecule has 0 aromatic heterocycles. The summed E-state index contributed by atoms with van der Waals surface area (Å²) in [4.78, 5) is 15.1. The number of anilines is 1. The maximum Gasteiger partial charge on any atom is 0.257 e. The number of rotatable bonds is 7. The van der Waals surface area contributed by atoms with Crippen molar-refractivity contribution in [3.8, 4) is 0 Å². The second kappa shape index (κ2) is 9.92. The minimum Gasteiger partial charge on any atom is -0.322 e. The lowest BCUT2D eigenvalue weighted by molar-refractivity contribution is 0.102. The fourth-order valence-electron chi connectivity index (χ4n) is 3.52. The van der Waals surface area contributed by atoms with Gasteiger partial charge in [0.15, 0.2) is 0 Å². The number of sulfonamides is 1. The minimum absolute atomic E-state index is 0.0836. The molecule has 8 heteroatoms. The Morgan fingerprint density at radius 2 is 1.70 bits per heavy atom. The third-order valence-corrected chi connectivity index (χ3v) is 7.57. The number of likely N-dealkylation sites (N-methyl/N-ethyl adjacent to an activating group) is 1. The zero-order valence-corrected chi connectivity index (χ0v) is 19.0. The second-order valence-electron chi connectivity index (χ2n) is 7.38. The summed E-state index contributed by atoms with van der Waals surface area (Å²) in [5.41, 5.74) is 1.98. The van der Waals surface area contributed by atoms with Crippen molar-refractivity contribution in [2.45, 2.75) is 31.6 Å². The minimum atomic E-state index is -3.68. The van der Waals surface area contributed by atoms with Gasteiger partial charge in [-0.3, -0.25) is 4.79 Å². The molecule has 0 bridgehead atoms. The number of hydrogen-bond acceptors (Lipinski definition) is 4. The molecule has 1 fully saturated rings. The van der Waals surface area contributed by atoms with Crippen LogP contribution in [0.2, 0.25) is 5.02 Å². The van der Waals surface area contributed by atoms with E-state index in [-0.39, 0.29) is 15.5 Å². The smallest absolute Gasteiger partial charge is 0.257 e. The number of benzene rings is 2. The Labute approximate surface area is 183 Å². The number of piperazine rings is 1. The zero-order valence-electron chi connectivity index (χ0n) is 17.4. The largest absolute Gasteiger partial charge is 0.322 e. The number of amides is 1. The molecule has 1 aliphatic rings. The van der Waals surface area contributed by atoms with E-state index in [1.54, 1.807) is 0 Å². The summed E-state index contributed by atoms with van der Waals surface area (Å²) in [6.07, 6.45) is 2.03. The van der Waals surface area contributed by atoms with E-state index in [1.807, 2.05) is 24.3 Å². The van der Waals surface area contributed by atoms with Crippen LogP contribution in [-0.2, 0) is 16.4 Å². The van der Waals surface area contributed by atoms with E-state index in [9.17, 15) is 13.2 Å². The Bertz CT molecular complexity index is 985. The molecule has 1 heterocycles. The van der Waals surface area contributed by atoms with Crippen molar-refractivity contribution in [2.24, 2.45) is 0 Å². The molecule has 2 aromatic carbocycles. The molecular weight excluding hydrogens is 422 g/mol. The van der Waals surface area contributed by atoms with Gasteiger partial charge in [0.2, 0.25) is 10.0 Å². The quantitative estimate of drug-likeness (QED) is 0.696. The van der Waals surface area contributed by atoms with Crippen LogP contribution in [0, 0.1) is 0 Å². The van der Waals surface area contributed by atoms with Gasteiger partial charge in [0.25, 0.3) is 5.91 Å². The van der Waals surface area contributed by atoms with E-state index in [2.05, 4.69) is 24.1 Å². The molecule has 0 spiro atoms. The lowest BCUT2D eigenvalue weighted by Gasteiger charge is -2.33. The number of carbonyl (C=O) groups is 1. The molecule has 3 rings (SSSR count). The Hall–Kier alpha value is -1.93. The molecule has 0 aliphatic carbocycles. The monoisotopic (exact) mass is 449 g/mol. The van der Waals surface area contributed by atoms with Crippen LogP contribution in [0.1, 0.15) is 36.2 Å². The first-order valence-electron chi connectivity index (χ1n) is 10.3. The topological polar surface area (TPSA) is 69.7 Å². The van der Waals surface area contributed by atoms with E-state index in [1.165, 1.54) is 28.1 Å². The van der Waals surface area contributed by atoms with E-state index >= 15 is 0 Å². The van der Waals surface area contributed by atoms with Crippen molar-refractivity contribution in [1.82, 2.24) is 9.21 Å². The van der Waals surface area contributed by atoms with Crippen molar-refractivity contribution < 1.29 is 13.2 Å². The SMILES string of the molecule is CCCc1ccc(NC(=O)c2cc(S(=O)(=O)N3CCN(CC)CC3)ccc2Cl)cc1. The highest BCUT2D eigenvalue weighted by Crippen LogP contribution is 2.25. The molecule has 1 saturated heterocycles. The van der Waals surface area contributed by atoms with Gasteiger partial charge in [-0.25, -0.2) is 8.42 Å². The van der Waals surface area contributed by atoms with Gasteiger partial charge in [0.1, 0.15) is 0 Å². The van der Waals surface area contributed by atoms with Gasteiger partial charge in [-0.2, -0.15) is 4.31 Å². The summed E-state index contributed by atoms with van der Waals surface area (Å²) < 4.78 is 27.6. The van der Waals surface area contributed by atoms with E-state index in [4.69, 9.17) is 11.6 Å². The van der Waals surface area contributed by atoms with Crippen LogP contribution in [0.5, 0.6) is 0 Å². The molecule has 6 nitrogen and oxygen atoms in total. The van der Waals surface area contributed by atoms with Gasteiger partial charge in [0.05, 0.1) is 15.5 Å². The molecule has 162 valence electrons. The highest BCUT2D eigenvalue weighted by molar-refractivity contribution is 7.89. The average Bonchev–Trinajstić information content (AvgIpc) is 2.75. The van der Waals surface area contributed by atoms with Gasteiger partial charge in [0, 0.05) is 31.9 Å². The highest BCUT2D eigenvalue weighted by Gasteiger charge is 2.29. The van der Waals surface area contributed by atoms with Crippen LogP contribution in [-0.4, -0.2) is 56.3 Å². The van der Waals surface area contributed by atoms with E-state index < -0.39 is 15.9 Å². The normalized spacial score (nSPS) is 15.8. The second-order valence-corrected chi connectivity index (χ2v) is 9.73. The number of halogens is 1. The summed E-state index contributed by atoms with van der Waals surface area (Å²) in [5, 5.41) is 3.01. The lowest BCUT2D eigenvalue weighted by Crippen LogP contribution is -2.48. The first-order valence-corrected chi connectivity index (χ1v) is 12.1. The van der Waals surface area contributed by atoms with Crippen LogP contribution in [0.15, 0.2) is 47.4 Å². The van der Waals surface area contributed by atoms with Crippen LogP contribution in [0.25, 0.3) is 0 Å². The predicted molar refractivity (Wildman–Crippen MR) is 121 cm³/mol.